The first-order valence-corrected chi connectivity index (χ1v) is 10.6. The summed E-state index contributed by atoms with van der Waals surface area (Å²) in [6.45, 7) is 6.41. The maximum atomic E-state index is 12.1. The zero-order valence-electron chi connectivity index (χ0n) is 18.3. The molecule has 0 spiro atoms. The number of carbonyl (C=O) groups is 6. The van der Waals surface area contributed by atoms with Crippen molar-refractivity contribution in [3.63, 3.8) is 0 Å². The third kappa shape index (κ3) is 8.55. The number of hydrogen-bond donors (Lipinski definition) is 2. The maximum absolute atomic E-state index is 12.1. The molecule has 0 fully saturated rings. The van der Waals surface area contributed by atoms with Crippen LogP contribution in [0, 0.1) is 23.7 Å². The van der Waals surface area contributed by atoms with Crippen molar-refractivity contribution in [1.29, 1.82) is 0 Å². The van der Waals surface area contributed by atoms with Gasteiger partial charge in [-0.2, -0.15) is 0 Å². The monoisotopic (exact) mass is 426 g/mol. The molecule has 2 unspecified atom stereocenters. The Balaban J connectivity index is 5.41. The van der Waals surface area contributed by atoms with Crippen molar-refractivity contribution in [2.75, 3.05) is 0 Å². The van der Waals surface area contributed by atoms with E-state index in [0.29, 0.717) is 0 Å². The normalized spacial score (nSPS) is 13.1. The fourth-order valence-corrected chi connectivity index (χ4v) is 3.53. The van der Waals surface area contributed by atoms with Crippen LogP contribution in [0.2, 0.25) is 0 Å². The number of ketones is 4. The van der Waals surface area contributed by atoms with E-state index in [0.717, 1.165) is 0 Å². The van der Waals surface area contributed by atoms with E-state index in [9.17, 15) is 39.0 Å². The Morgan fingerprint density at radius 3 is 0.933 bits per heavy atom. The summed E-state index contributed by atoms with van der Waals surface area (Å²) in [5, 5.41) is 19.1. The first kappa shape index (κ1) is 27.6. The van der Waals surface area contributed by atoms with E-state index in [-0.39, 0.29) is 74.5 Å². The maximum Gasteiger partial charge on any atom is 0.306 e. The van der Waals surface area contributed by atoms with E-state index in [1.165, 1.54) is 0 Å². The average molecular weight is 427 g/mol. The Hall–Kier alpha value is -2.38. The van der Waals surface area contributed by atoms with Crippen molar-refractivity contribution in [3.8, 4) is 0 Å². The minimum Gasteiger partial charge on any atom is -0.481 e. The number of aliphatic carboxylic acids is 2. The van der Waals surface area contributed by atoms with Crippen LogP contribution in [0.5, 0.6) is 0 Å². The second kappa shape index (κ2) is 13.8. The predicted molar refractivity (Wildman–Crippen MR) is 109 cm³/mol. The van der Waals surface area contributed by atoms with Crippen LogP contribution >= 0.6 is 0 Å². The van der Waals surface area contributed by atoms with E-state index in [4.69, 9.17) is 0 Å². The number of carbonyl (C=O) groups excluding carboxylic acids is 4. The summed E-state index contributed by atoms with van der Waals surface area (Å²) in [6.07, 6.45) is -0.0333. The van der Waals surface area contributed by atoms with Crippen molar-refractivity contribution in [2.24, 2.45) is 23.7 Å². The van der Waals surface area contributed by atoms with E-state index in [1.54, 1.807) is 27.7 Å². The lowest BCUT2D eigenvalue weighted by Crippen LogP contribution is -2.31. The van der Waals surface area contributed by atoms with Gasteiger partial charge in [-0.15, -0.1) is 0 Å². The Morgan fingerprint density at radius 1 is 0.533 bits per heavy atom. The summed E-state index contributed by atoms with van der Waals surface area (Å²) in [5.74, 6) is -7.88. The standard InChI is InChI=1S/C22H34O8/c1-5-17(23)15(18(24)6-2)11-13(21(27)28)9-10-14(22(29)30)12-16(19(25)7-3)20(26)8-4/h13-16H,5-12H2,1-4H3,(H,27,28)(H,29,30). The molecule has 0 heterocycles. The highest BCUT2D eigenvalue weighted by Gasteiger charge is 2.34. The predicted octanol–water partition coefficient (Wildman–Crippen LogP) is 3.10. The van der Waals surface area contributed by atoms with Crippen molar-refractivity contribution in [2.45, 2.75) is 79.1 Å². The lowest BCUT2D eigenvalue weighted by Gasteiger charge is -2.22. The molecule has 0 saturated carbocycles. The van der Waals surface area contributed by atoms with Gasteiger partial charge in [0.15, 0.2) is 0 Å². The van der Waals surface area contributed by atoms with Crippen LogP contribution in [-0.2, 0) is 28.8 Å². The first-order chi connectivity index (χ1) is 14.0. The Bertz CT molecular complexity index is 564. The molecule has 2 atom stereocenters. The van der Waals surface area contributed by atoms with Crippen molar-refractivity contribution < 1.29 is 39.0 Å². The van der Waals surface area contributed by atoms with E-state index >= 15 is 0 Å². The van der Waals surface area contributed by atoms with Gasteiger partial charge in [0.2, 0.25) is 0 Å². The fourth-order valence-electron chi connectivity index (χ4n) is 3.53. The Labute approximate surface area is 177 Å². The fraction of sp³-hybridized carbons (Fsp3) is 0.727. The van der Waals surface area contributed by atoms with Crippen LogP contribution in [0.4, 0.5) is 0 Å². The van der Waals surface area contributed by atoms with Crippen LogP contribution in [0.15, 0.2) is 0 Å². The van der Waals surface area contributed by atoms with Gasteiger partial charge in [-0.3, -0.25) is 28.8 Å². The van der Waals surface area contributed by atoms with Gasteiger partial charge in [-0.25, -0.2) is 0 Å². The molecule has 0 aromatic carbocycles. The number of carboxylic acids is 2. The summed E-state index contributed by atoms with van der Waals surface area (Å²) < 4.78 is 0. The smallest absolute Gasteiger partial charge is 0.306 e. The molecule has 0 aliphatic carbocycles. The van der Waals surface area contributed by atoms with Crippen LogP contribution in [0.3, 0.4) is 0 Å². The zero-order valence-corrected chi connectivity index (χ0v) is 18.3. The molecule has 8 heteroatoms. The molecule has 30 heavy (non-hydrogen) atoms. The van der Waals surface area contributed by atoms with Gasteiger partial charge >= 0.3 is 11.9 Å². The molecule has 0 radical (unpaired) electrons. The SMILES string of the molecule is CCC(=O)C(CC(CCC(CC(C(=O)CC)C(=O)CC)C(=O)O)C(=O)O)C(=O)CC. The molecule has 0 rings (SSSR count). The highest BCUT2D eigenvalue weighted by Crippen LogP contribution is 2.27. The highest BCUT2D eigenvalue weighted by atomic mass is 16.4. The molecular weight excluding hydrogens is 392 g/mol. The summed E-state index contributed by atoms with van der Waals surface area (Å²) in [6, 6.07) is 0. The molecule has 8 nitrogen and oxygen atoms in total. The molecule has 0 saturated heterocycles. The average Bonchev–Trinajstić information content (AvgIpc) is 2.72. The van der Waals surface area contributed by atoms with Gasteiger partial charge in [-0.1, -0.05) is 27.7 Å². The van der Waals surface area contributed by atoms with Crippen molar-refractivity contribution in [1.82, 2.24) is 0 Å². The summed E-state index contributed by atoms with van der Waals surface area (Å²) in [5.41, 5.74) is 0. The zero-order chi connectivity index (χ0) is 23.4. The molecule has 170 valence electrons. The molecule has 0 aliphatic rings. The highest BCUT2D eigenvalue weighted by molar-refractivity contribution is 6.03. The molecular formula is C22H34O8. The van der Waals surface area contributed by atoms with Crippen LogP contribution in [-0.4, -0.2) is 45.3 Å². The number of hydrogen-bond acceptors (Lipinski definition) is 6. The van der Waals surface area contributed by atoms with Crippen LogP contribution < -0.4 is 0 Å². The number of Topliss-reactive ketones (excluding diaryl/α,β-unsaturated/α-hetero) is 4. The third-order valence-corrected chi connectivity index (χ3v) is 5.55. The second-order valence-corrected chi connectivity index (χ2v) is 7.50. The molecule has 0 aliphatic heterocycles. The summed E-state index contributed by atoms with van der Waals surface area (Å²) >= 11 is 0. The molecule has 0 amide bonds. The van der Waals surface area contributed by atoms with Crippen LogP contribution in [0.25, 0.3) is 0 Å². The molecule has 2 N–H and O–H groups in total. The number of carboxylic acid groups (broad SMARTS) is 2. The van der Waals surface area contributed by atoms with E-state index in [2.05, 4.69) is 0 Å². The Kier molecular flexibility index (Phi) is 12.7. The topological polar surface area (TPSA) is 143 Å². The van der Waals surface area contributed by atoms with Crippen molar-refractivity contribution >= 4 is 35.1 Å². The third-order valence-electron chi connectivity index (χ3n) is 5.55. The van der Waals surface area contributed by atoms with E-state index < -0.39 is 35.6 Å². The first-order valence-electron chi connectivity index (χ1n) is 10.6. The number of rotatable bonds is 17. The minimum atomic E-state index is -1.21. The summed E-state index contributed by atoms with van der Waals surface area (Å²) in [7, 11) is 0. The second-order valence-electron chi connectivity index (χ2n) is 7.50. The van der Waals surface area contributed by atoms with Crippen molar-refractivity contribution in [3.05, 3.63) is 0 Å². The quantitative estimate of drug-likeness (QED) is 0.338. The van der Waals surface area contributed by atoms with Gasteiger partial charge in [-0.05, 0) is 25.7 Å². The van der Waals surface area contributed by atoms with Gasteiger partial charge in [0.25, 0.3) is 0 Å². The molecule has 0 aromatic rings. The lowest BCUT2D eigenvalue weighted by molar-refractivity contribution is -0.147. The lowest BCUT2D eigenvalue weighted by atomic mass is 9.80. The van der Waals surface area contributed by atoms with Gasteiger partial charge in [0.05, 0.1) is 23.7 Å². The minimum absolute atomic E-state index is 0.0653. The van der Waals surface area contributed by atoms with Gasteiger partial charge in [0.1, 0.15) is 23.1 Å². The molecule has 0 bridgehead atoms. The van der Waals surface area contributed by atoms with Gasteiger partial charge in [0, 0.05) is 25.7 Å². The van der Waals surface area contributed by atoms with Gasteiger partial charge < -0.3 is 10.2 Å². The molecule has 0 aromatic heterocycles. The largest absolute Gasteiger partial charge is 0.481 e. The van der Waals surface area contributed by atoms with Crippen LogP contribution in [0.1, 0.15) is 79.1 Å². The Morgan fingerprint density at radius 2 is 0.767 bits per heavy atom. The summed E-state index contributed by atoms with van der Waals surface area (Å²) in [4.78, 5) is 71.8. The van der Waals surface area contributed by atoms with E-state index in [1.807, 2.05) is 0 Å².